The fourth-order valence-corrected chi connectivity index (χ4v) is 2.61. The number of carbonyl (C=O) groups is 1. The number of pyridine rings is 1. The van der Waals surface area contributed by atoms with Crippen molar-refractivity contribution in [1.82, 2.24) is 4.98 Å². The maximum Gasteiger partial charge on any atom is 0.354 e. The Bertz CT molecular complexity index is 928. The molecule has 2 heterocycles. The second-order valence-corrected chi connectivity index (χ2v) is 6.07. The number of nitrogens with two attached hydrogens (primary N) is 1. The van der Waals surface area contributed by atoms with Crippen LogP contribution in [0.15, 0.2) is 41.5 Å². The molecule has 30 heavy (non-hydrogen) atoms. The monoisotopic (exact) mass is 431 g/mol. The van der Waals surface area contributed by atoms with Gasteiger partial charge in [-0.3, -0.25) is 4.99 Å². The van der Waals surface area contributed by atoms with Gasteiger partial charge < -0.3 is 21.3 Å². The smallest absolute Gasteiger partial charge is 0.354 e. The molecule has 1 aliphatic heterocycles. The van der Waals surface area contributed by atoms with E-state index in [2.05, 4.69) is 9.98 Å². The summed E-state index contributed by atoms with van der Waals surface area (Å²) in [4.78, 5) is 17.3. The van der Waals surface area contributed by atoms with Crippen LogP contribution < -0.4 is 5.73 Å². The van der Waals surface area contributed by atoms with Crippen LogP contribution in [0.3, 0.4) is 0 Å². The Morgan fingerprint density at radius 1 is 1.27 bits per heavy atom. The normalized spacial score (nSPS) is 18.6. The highest BCUT2D eigenvalue weighted by Gasteiger charge is 2.47. The van der Waals surface area contributed by atoms with E-state index in [0.29, 0.717) is 6.07 Å². The number of benzene rings is 1. The van der Waals surface area contributed by atoms with Crippen molar-refractivity contribution in [3.63, 3.8) is 0 Å². The number of hydrogen-bond donors (Lipinski definition) is 2. The van der Waals surface area contributed by atoms with Gasteiger partial charge in [0.25, 0.3) is 12.9 Å². The Balaban J connectivity index is 0.000000297. The molecule has 1 atom stereocenters. The first kappa shape index (κ1) is 23.0. The third-order valence-electron chi connectivity index (χ3n) is 3.96. The van der Waals surface area contributed by atoms with Crippen LogP contribution in [-0.4, -0.2) is 41.5 Å². The third kappa shape index (κ3) is 5.00. The number of aromatic carboxylic acids is 1. The number of amidine groups is 1. The zero-order valence-corrected chi connectivity index (χ0v) is 15.2. The minimum atomic E-state index is -3.24. The van der Waals surface area contributed by atoms with Crippen LogP contribution in [0.4, 0.5) is 27.6 Å². The molecule has 3 rings (SSSR count). The summed E-state index contributed by atoms with van der Waals surface area (Å²) >= 11 is 0. The molecule has 162 valence electrons. The summed E-state index contributed by atoms with van der Waals surface area (Å²) in [5.74, 6) is -2.81. The Hall–Kier alpha value is -3.28. The number of ether oxygens (including phenoxy) is 1. The number of rotatable bonds is 4. The maximum absolute atomic E-state index is 14.2. The Morgan fingerprint density at radius 2 is 1.97 bits per heavy atom. The molecule has 0 radical (unpaired) electrons. The average Bonchev–Trinajstić information content (AvgIpc) is 2.70. The molecule has 0 amide bonds. The highest BCUT2D eigenvalue weighted by atomic mass is 19.3. The standard InChI is InChI=1S/C12H11F5N3O.C6H5NO2/c13-9-6(10(14)15)1-5(18)2-7(9)12(11(16)17)4-21-3-8(19)20-12;8-6(9)5-3-1-2-4-7-5/h1-2,10-11,18H,3-4H2,(H2,19,20);1-4H,(H,8,9)/q-1;/t12-;/m0./s1. The fourth-order valence-electron chi connectivity index (χ4n) is 2.61. The van der Waals surface area contributed by atoms with E-state index < -0.39 is 53.6 Å². The first-order valence-corrected chi connectivity index (χ1v) is 8.26. The Kier molecular flexibility index (Phi) is 7.27. The molecule has 1 aromatic carbocycles. The van der Waals surface area contributed by atoms with Crippen molar-refractivity contribution >= 4 is 17.5 Å². The summed E-state index contributed by atoms with van der Waals surface area (Å²) in [6.45, 7) is -0.924. The zero-order valence-electron chi connectivity index (χ0n) is 15.2. The average molecular weight is 431 g/mol. The number of nitrogens with one attached hydrogen (secondary N) is 1. The van der Waals surface area contributed by atoms with Gasteiger partial charge in [0.2, 0.25) is 0 Å². The van der Waals surface area contributed by atoms with E-state index in [1.165, 1.54) is 12.3 Å². The largest absolute Gasteiger partial charge is 0.699 e. The number of nitrogens with zero attached hydrogens (tertiary/aromatic N) is 2. The molecule has 0 saturated heterocycles. The Morgan fingerprint density at radius 3 is 2.43 bits per heavy atom. The number of alkyl halides is 4. The predicted molar refractivity (Wildman–Crippen MR) is 96.7 cm³/mol. The van der Waals surface area contributed by atoms with E-state index in [1.54, 1.807) is 12.1 Å². The van der Waals surface area contributed by atoms with Gasteiger partial charge in [-0.05, 0) is 12.1 Å². The van der Waals surface area contributed by atoms with Crippen molar-refractivity contribution in [1.29, 1.82) is 0 Å². The van der Waals surface area contributed by atoms with E-state index >= 15 is 0 Å². The molecule has 0 unspecified atom stereocenters. The van der Waals surface area contributed by atoms with Crippen LogP contribution in [0.5, 0.6) is 0 Å². The van der Waals surface area contributed by atoms with Gasteiger partial charge in [0.05, 0.1) is 12.2 Å². The van der Waals surface area contributed by atoms with Crippen molar-refractivity contribution in [3.05, 3.63) is 64.9 Å². The summed E-state index contributed by atoms with van der Waals surface area (Å²) in [6, 6.07) is 6.07. The molecule has 0 bridgehead atoms. The van der Waals surface area contributed by atoms with Crippen molar-refractivity contribution in [2.45, 2.75) is 18.4 Å². The highest BCUT2D eigenvalue weighted by molar-refractivity contribution is 5.85. The van der Waals surface area contributed by atoms with Crippen LogP contribution in [-0.2, 0) is 10.3 Å². The van der Waals surface area contributed by atoms with Gasteiger partial charge in [0.1, 0.15) is 24.0 Å². The second kappa shape index (κ2) is 9.48. The van der Waals surface area contributed by atoms with E-state index in [9.17, 15) is 26.7 Å². The lowest BCUT2D eigenvalue weighted by Gasteiger charge is -2.34. The molecule has 0 fully saturated rings. The van der Waals surface area contributed by atoms with Crippen LogP contribution in [0.25, 0.3) is 5.73 Å². The molecule has 0 aliphatic carbocycles. The number of aromatic nitrogens is 1. The number of aliphatic imine (C=N–C) groups is 1. The predicted octanol–water partition coefficient (Wildman–Crippen LogP) is 4.07. The minimum Gasteiger partial charge on any atom is -0.699 e. The first-order valence-electron chi connectivity index (χ1n) is 8.26. The summed E-state index contributed by atoms with van der Waals surface area (Å²) < 4.78 is 71.4. The van der Waals surface area contributed by atoms with Gasteiger partial charge in [0.15, 0.2) is 5.54 Å². The molecular formula is C18H16F5N4O3-. The first-order chi connectivity index (χ1) is 14.1. The van der Waals surface area contributed by atoms with Gasteiger partial charge in [-0.1, -0.05) is 18.2 Å². The van der Waals surface area contributed by atoms with Crippen LogP contribution in [0.1, 0.15) is 28.0 Å². The Labute approximate surface area is 167 Å². The molecular weight excluding hydrogens is 415 g/mol. The number of carboxylic acids is 1. The van der Waals surface area contributed by atoms with E-state index in [1.807, 2.05) is 0 Å². The second-order valence-electron chi connectivity index (χ2n) is 6.07. The minimum absolute atomic E-state index is 0.0810. The van der Waals surface area contributed by atoms with E-state index in [-0.39, 0.29) is 18.1 Å². The number of halogens is 5. The molecule has 0 saturated carbocycles. The lowest BCUT2D eigenvalue weighted by Crippen LogP contribution is -2.45. The lowest BCUT2D eigenvalue weighted by atomic mass is 9.88. The summed E-state index contributed by atoms with van der Waals surface area (Å²) in [5.41, 5.74) is 7.83. The molecule has 1 aliphatic rings. The molecule has 2 aromatic rings. The van der Waals surface area contributed by atoms with Crippen molar-refractivity contribution < 1.29 is 36.6 Å². The van der Waals surface area contributed by atoms with Gasteiger partial charge in [-0.15, -0.1) is 5.69 Å². The van der Waals surface area contributed by atoms with Crippen molar-refractivity contribution in [2.24, 2.45) is 10.7 Å². The third-order valence-corrected chi connectivity index (χ3v) is 3.96. The van der Waals surface area contributed by atoms with Gasteiger partial charge in [0, 0.05) is 11.8 Å². The van der Waals surface area contributed by atoms with Gasteiger partial charge in [-0.25, -0.2) is 31.7 Å². The quantitative estimate of drug-likeness (QED) is 0.707. The molecule has 0 spiro atoms. The van der Waals surface area contributed by atoms with E-state index in [4.69, 9.17) is 21.3 Å². The lowest BCUT2D eigenvalue weighted by molar-refractivity contribution is -0.0149. The summed E-state index contributed by atoms with van der Waals surface area (Å²) in [5, 5.41) is 8.32. The molecule has 1 aromatic heterocycles. The summed E-state index contributed by atoms with van der Waals surface area (Å²) in [7, 11) is 0. The van der Waals surface area contributed by atoms with Gasteiger partial charge in [-0.2, -0.15) is 0 Å². The highest BCUT2D eigenvalue weighted by Crippen LogP contribution is 2.41. The van der Waals surface area contributed by atoms with Crippen LogP contribution in [0, 0.1) is 5.82 Å². The fraction of sp³-hybridized carbons (Fsp3) is 0.278. The molecule has 4 N–H and O–H groups in total. The SMILES string of the molecule is O=C(O)c1ccccn1.[NH-]c1cc(C(F)F)c(F)c([C@]2(C(F)F)COCC(N)=N2)c1. The van der Waals surface area contributed by atoms with E-state index in [0.717, 1.165) is 6.07 Å². The number of hydrogen-bond acceptors (Lipinski definition) is 5. The zero-order chi connectivity index (χ0) is 22.5. The van der Waals surface area contributed by atoms with Crippen LogP contribution in [0.2, 0.25) is 0 Å². The maximum atomic E-state index is 14.2. The van der Waals surface area contributed by atoms with Crippen molar-refractivity contribution in [2.75, 3.05) is 13.2 Å². The number of carboxylic acid groups (broad SMARTS) is 1. The topological polar surface area (TPSA) is 122 Å². The molecule has 7 nitrogen and oxygen atoms in total. The van der Waals surface area contributed by atoms with Crippen LogP contribution >= 0.6 is 0 Å². The summed E-state index contributed by atoms with van der Waals surface area (Å²) in [6.07, 6.45) is -5.03. The van der Waals surface area contributed by atoms with Crippen molar-refractivity contribution in [3.8, 4) is 0 Å². The molecule has 12 heteroatoms. The van der Waals surface area contributed by atoms with Gasteiger partial charge >= 0.3 is 5.97 Å².